The molecule has 0 unspecified atom stereocenters. The third-order valence-corrected chi connectivity index (χ3v) is 3.07. The maximum absolute atomic E-state index is 5.79. The van der Waals surface area contributed by atoms with E-state index in [2.05, 4.69) is 26.1 Å². The predicted octanol–water partition coefficient (Wildman–Crippen LogP) is 3.75. The van der Waals surface area contributed by atoms with Gasteiger partial charge in [0.25, 0.3) is 0 Å². The summed E-state index contributed by atoms with van der Waals surface area (Å²) in [5.41, 5.74) is 8.12. The van der Waals surface area contributed by atoms with Crippen LogP contribution in [0.4, 0.5) is 5.69 Å². The number of nitrogens with zero attached hydrogens (tertiary/aromatic N) is 2. The van der Waals surface area contributed by atoms with Crippen molar-refractivity contribution >= 4 is 21.6 Å². The van der Waals surface area contributed by atoms with Gasteiger partial charge in [0.2, 0.25) is 11.8 Å². The Morgan fingerprint density at radius 1 is 0.895 bits per heavy atom. The number of benzene rings is 2. The number of aromatic nitrogens is 2. The normalized spacial score (nSPS) is 10.6. The average Bonchev–Trinajstić information content (AvgIpc) is 2.88. The van der Waals surface area contributed by atoms with Gasteiger partial charge in [-0.1, -0.05) is 34.1 Å². The van der Waals surface area contributed by atoms with Crippen molar-refractivity contribution in [3.63, 3.8) is 0 Å². The van der Waals surface area contributed by atoms with Crippen LogP contribution in [-0.2, 0) is 0 Å². The van der Waals surface area contributed by atoms with E-state index in [0.717, 1.165) is 15.6 Å². The van der Waals surface area contributed by atoms with E-state index in [1.165, 1.54) is 0 Å². The van der Waals surface area contributed by atoms with Gasteiger partial charge in [-0.05, 0) is 30.3 Å². The average molecular weight is 316 g/mol. The van der Waals surface area contributed by atoms with Gasteiger partial charge < -0.3 is 10.2 Å². The molecule has 1 heterocycles. The van der Waals surface area contributed by atoms with Crippen LogP contribution in [0, 0.1) is 0 Å². The van der Waals surface area contributed by atoms with Crippen LogP contribution >= 0.6 is 15.9 Å². The molecule has 19 heavy (non-hydrogen) atoms. The first kappa shape index (κ1) is 11.9. The molecule has 0 saturated carbocycles. The topological polar surface area (TPSA) is 64.9 Å². The summed E-state index contributed by atoms with van der Waals surface area (Å²) >= 11 is 3.39. The molecule has 0 spiro atoms. The summed E-state index contributed by atoms with van der Waals surface area (Å²) in [4.78, 5) is 0. The molecule has 3 aromatic rings. The lowest BCUT2D eigenvalue weighted by atomic mass is 10.2. The van der Waals surface area contributed by atoms with Crippen LogP contribution in [0.15, 0.2) is 57.4 Å². The molecule has 3 rings (SSSR count). The van der Waals surface area contributed by atoms with Crippen LogP contribution in [0.2, 0.25) is 0 Å². The van der Waals surface area contributed by atoms with E-state index in [4.69, 9.17) is 10.2 Å². The fraction of sp³-hybridized carbons (Fsp3) is 0. The molecule has 0 amide bonds. The van der Waals surface area contributed by atoms with E-state index in [-0.39, 0.29) is 0 Å². The standard InChI is InChI=1S/C14H10BrN3O/c15-11-6-10(7-12(16)8-11)14-18-17-13(19-14)9-4-2-1-3-5-9/h1-8H,16H2. The van der Waals surface area contributed by atoms with Crippen molar-refractivity contribution in [2.45, 2.75) is 0 Å². The Labute approximate surface area is 118 Å². The van der Waals surface area contributed by atoms with E-state index >= 15 is 0 Å². The Hall–Kier alpha value is -2.14. The molecule has 0 radical (unpaired) electrons. The minimum atomic E-state index is 0.451. The highest BCUT2D eigenvalue weighted by molar-refractivity contribution is 9.10. The number of nitrogen functional groups attached to an aromatic ring is 1. The largest absolute Gasteiger partial charge is 0.416 e. The van der Waals surface area contributed by atoms with Crippen molar-refractivity contribution in [2.24, 2.45) is 0 Å². The first-order valence-corrected chi connectivity index (χ1v) is 6.47. The van der Waals surface area contributed by atoms with Crippen molar-refractivity contribution < 1.29 is 4.42 Å². The second-order valence-corrected chi connectivity index (χ2v) is 4.97. The Morgan fingerprint density at radius 3 is 2.26 bits per heavy atom. The van der Waals surface area contributed by atoms with E-state index < -0.39 is 0 Å². The monoisotopic (exact) mass is 315 g/mol. The zero-order chi connectivity index (χ0) is 13.2. The molecule has 4 nitrogen and oxygen atoms in total. The molecule has 2 aromatic carbocycles. The molecule has 5 heteroatoms. The number of anilines is 1. The maximum atomic E-state index is 5.79. The van der Waals surface area contributed by atoms with Gasteiger partial charge in [0, 0.05) is 21.3 Å². The van der Waals surface area contributed by atoms with Crippen LogP contribution in [-0.4, -0.2) is 10.2 Å². The molecule has 0 aliphatic heterocycles. The Kier molecular flexibility index (Phi) is 3.05. The minimum absolute atomic E-state index is 0.451. The van der Waals surface area contributed by atoms with Gasteiger partial charge in [0.1, 0.15) is 0 Å². The van der Waals surface area contributed by atoms with Crippen molar-refractivity contribution in [1.82, 2.24) is 10.2 Å². The first-order chi connectivity index (χ1) is 9.22. The lowest BCUT2D eigenvalue weighted by Crippen LogP contribution is -1.86. The molecule has 0 bridgehead atoms. The zero-order valence-electron chi connectivity index (χ0n) is 9.88. The highest BCUT2D eigenvalue weighted by atomic mass is 79.9. The molecule has 2 N–H and O–H groups in total. The summed E-state index contributed by atoms with van der Waals surface area (Å²) in [6.45, 7) is 0. The second-order valence-electron chi connectivity index (χ2n) is 4.05. The lowest BCUT2D eigenvalue weighted by molar-refractivity contribution is 0.584. The Morgan fingerprint density at radius 2 is 1.58 bits per heavy atom. The highest BCUT2D eigenvalue weighted by Gasteiger charge is 2.11. The molecular formula is C14H10BrN3O. The highest BCUT2D eigenvalue weighted by Crippen LogP contribution is 2.27. The van der Waals surface area contributed by atoms with Gasteiger partial charge in [0.15, 0.2) is 0 Å². The summed E-state index contributed by atoms with van der Waals surface area (Å²) in [6.07, 6.45) is 0. The SMILES string of the molecule is Nc1cc(Br)cc(-c2nnc(-c3ccccc3)o2)c1. The van der Waals surface area contributed by atoms with Crippen LogP contribution in [0.3, 0.4) is 0 Å². The van der Waals surface area contributed by atoms with Gasteiger partial charge in [0.05, 0.1) is 0 Å². The first-order valence-electron chi connectivity index (χ1n) is 5.68. The Bertz CT molecular complexity index is 689. The van der Waals surface area contributed by atoms with Crippen LogP contribution in [0.5, 0.6) is 0 Å². The fourth-order valence-corrected chi connectivity index (χ4v) is 2.28. The van der Waals surface area contributed by atoms with Gasteiger partial charge in [-0.3, -0.25) is 0 Å². The second kappa shape index (κ2) is 4.85. The third kappa shape index (κ3) is 2.51. The quantitative estimate of drug-likeness (QED) is 0.731. The smallest absolute Gasteiger partial charge is 0.248 e. The van der Waals surface area contributed by atoms with Gasteiger partial charge in [-0.25, -0.2) is 0 Å². The molecule has 94 valence electrons. The van der Waals surface area contributed by atoms with Gasteiger partial charge in [-0.15, -0.1) is 10.2 Å². The number of halogens is 1. The van der Waals surface area contributed by atoms with E-state index in [1.807, 2.05) is 42.5 Å². The summed E-state index contributed by atoms with van der Waals surface area (Å²) in [7, 11) is 0. The zero-order valence-corrected chi connectivity index (χ0v) is 11.5. The Balaban J connectivity index is 2.02. The van der Waals surface area contributed by atoms with Crippen LogP contribution < -0.4 is 5.73 Å². The molecule has 1 aromatic heterocycles. The fourth-order valence-electron chi connectivity index (χ4n) is 1.77. The molecule has 0 aliphatic carbocycles. The maximum Gasteiger partial charge on any atom is 0.248 e. The molecular weight excluding hydrogens is 306 g/mol. The minimum Gasteiger partial charge on any atom is -0.416 e. The number of hydrogen-bond acceptors (Lipinski definition) is 4. The molecule has 0 saturated heterocycles. The van der Waals surface area contributed by atoms with Crippen molar-refractivity contribution in [3.05, 3.63) is 53.0 Å². The van der Waals surface area contributed by atoms with Crippen molar-refractivity contribution in [3.8, 4) is 22.9 Å². The van der Waals surface area contributed by atoms with Gasteiger partial charge in [-0.2, -0.15) is 0 Å². The van der Waals surface area contributed by atoms with E-state index in [9.17, 15) is 0 Å². The van der Waals surface area contributed by atoms with Crippen LogP contribution in [0.25, 0.3) is 22.9 Å². The summed E-state index contributed by atoms with van der Waals surface area (Å²) in [5, 5.41) is 8.10. The van der Waals surface area contributed by atoms with E-state index in [0.29, 0.717) is 17.5 Å². The molecule has 0 aliphatic rings. The molecule has 0 fully saturated rings. The van der Waals surface area contributed by atoms with Crippen molar-refractivity contribution in [1.29, 1.82) is 0 Å². The third-order valence-electron chi connectivity index (χ3n) is 2.61. The summed E-state index contributed by atoms with van der Waals surface area (Å²) < 4.78 is 6.54. The lowest BCUT2D eigenvalue weighted by Gasteiger charge is -1.99. The molecule has 0 atom stereocenters. The summed E-state index contributed by atoms with van der Waals surface area (Å²) in [5.74, 6) is 0.945. The van der Waals surface area contributed by atoms with Gasteiger partial charge >= 0.3 is 0 Å². The number of rotatable bonds is 2. The van der Waals surface area contributed by atoms with E-state index in [1.54, 1.807) is 6.07 Å². The van der Waals surface area contributed by atoms with Crippen LogP contribution in [0.1, 0.15) is 0 Å². The number of hydrogen-bond donors (Lipinski definition) is 1. The van der Waals surface area contributed by atoms with Crippen molar-refractivity contribution in [2.75, 3.05) is 5.73 Å². The number of nitrogens with two attached hydrogens (primary N) is 1. The summed E-state index contributed by atoms with van der Waals surface area (Å²) in [6, 6.07) is 15.1. The predicted molar refractivity (Wildman–Crippen MR) is 77.3 cm³/mol.